The van der Waals surface area contributed by atoms with Crippen LogP contribution in [0, 0.1) is 0 Å². The molecule has 0 fully saturated rings. The number of rotatable bonds is 14. The normalized spacial score (nSPS) is 18.4. The van der Waals surface area contributed by atoms with Crippen LogP contribution in [0.4, 0.5) is 11.4 Å². The van der Waals surface area contributed by atoms with E-state index in [-0.39, 0.29) is 17.8 Å². The Morgan fingerprint density at radius 1 is 0.977 bits per heavy atom. The first-order chi connectivity index (χ1) is 21.2. The van der Waals surface area contributed by atoms with Crippen LogP contribution in [0.1, 0.15) is 53.0 Å². The van der Waals surface area contributed by atoms with Crippen molar-refractivity contribution in [2.45, 2.75) is 64.6 Å². The first-order valence-corrected chi connectivity index (χ1v) is 17.6. The van der Waals surface area contributed by atoms with Crippen LogP contribution >= 0.6 is 0 Å². The van der Waals surface area contributed by atoms with E-state index in [0.29, 0.717) is 37.9 Å². The molecule has 1 atom stereocenters. The summed E-state index contributed by atoms with van der Waals surface area (Å²) in [5.74, 6) is 0.887. The van der Waals surface area contributed by atoms with Gasteiger partial charge in [-0.1, -0.05) is 30.3 Å². The summed E-state index contributed by atoms with van der Waals surface area (Å²) in [6.45, 7) is 13.2. The van der Waals surface area contributed by atoms with E-state index in [1.807, 2.05) is 63.4 Å². The number of anilines is 1. The minimum Gasteiger partial charge on any atom is -0.459 e. The maximum absolute atomic E-state index is 12.7. The monoisotopic (exact) mass is 619 g/mol. The predicted molar refractivity (Wildman–Crippen MR) is 177 cm³/mol. The van der Waals surface area contributed by atoms with Crippen molar-refractivity contribution in [1.82, 2.24) is 5.32 Å². The molecule has 44 heavy (non-hydrogen) atoms. The number of esters is 1. The van der Waals surface area contributed by atoms with Gasteiger partial charge in [0.15, 0.2) is 0 Å². The Kier molecular flexibility index (Phi) is 9.76. The molecule has 0 aliphatic carbocycles. The van der Waals surface area contributed by atoms with Crippen LogP contribution in [-0.4, -0.2) is 66.7 Å². The molecule has 0 saturated heterocycles. The fourth-order valence-electron chi connectivity index (χ4n) is 6.35. The van der Waals surface area contributed by atoms with E-state index in [0.717, 1.165) is 41.2 Å². The standard InChI is InChI=1S/C34H45N3O6Si/c1-7-39-44(40-8-2,41-9-3)22-12-20-35-21-19-31(38)42-26-17-15-25-16-18-30-32(27(25)23-26)36-24-34(43-30)33(4,5)28-13-10-11-14-29(28)37(34)6/h10-11,13-18,23-24,35H,7-9,12,19-22H2,1-6H3. The van der Waals surface area contributed by atoms with Gasteiger partial charge in [-0.15, -0.1) is 0 Å². The molecule has 2 aliphatic heterocycles. The van der Waals surface area contributed by atoms with E-state index < -0.39 is 14.5 Å². The first-order valence-electron chi connectivity index (χ1n) is 15.7. The van der Waals surface area contributed by atoms with Crippen LogP contribution in [0.15, 0.2) is 59.6 Å². The van der Waals surface area contributed by atoms with Crippen molar-refractivity contribution in [2.24, 2.45) is 4.99 Å². The van der Waals surface area contributed by atoms with Crippen LogP contribution < -0.4 is 19.7 Å². The number of para-hydroxylation sites is 1. The molecule has 2 aliphatic rings. The molecule has 0 bridgehead atoms. The number of hydrogen-bond donors (Lipinski definition) is 1. The maximum Gasteiger partial charge on any atom is 0.500 e. The zero-order valence-corrected chi connectivity index (χ0v) is 27.8. The van der Waals surface area contributed by atoms with Crippen LogP contribution in [0.25, 0.3) is 10.8 Å². The number of benzene rings is 3. The highest BCUT2D eigenvalue weighted by atomic mass is 28.4. The Morgan fingerprint density at radius 2 is 1.68 bits per heavy atom. The van der Waals surface area contributed by atoms with Gasteiger partial charge in [0.05, 0.1) is 18.1 Å². The van der Waals surface area contributed by atoms with Gasteiger partial charge in [-0.05, 0) is 82.8 Å². The van der Waals surface area contributed by atoms with Crippen molar-refractivity contribution < 1.29 is 27.5 Å². The average molecular weight is 620 g/mol. The zero-order valence-electron chi connectivity index (χ0n) is 26.8. The summed E-state index contributed by atoms with van der Waals surface area (Å²) in [5.41, 5.74) is 2.00. The Morgan fingerprint density at radius 3 is 2.39 bits per heavy atom. The fourth-order valence-corrected chi connectivity index (χ4v) is 8.96. The van der Waals surface area contributed by atoms with Crippen LogP contribution in [0.5, 0.6) is 11.5 Å². The van der Waals surface area contributed by atoms with Gasteiger partial charge in [-0.25, -0.2) is 0 Å². The van der Waals surface area contributed by atoms with E-state index in [1.165, 1.54) is 5.56 Å². The lowest BCUT2D eigenvalue weighted by Crippen LogP contribution is -2.61. The Labute approximate surface area is 261 Å². The highest BCUT2D eigenvalue weighted by Crippen LogP contribution is 2.54. The molecule has 1 unspecified atom stereocenters. The lowest BCUT2D eigenvalue weighted by Gasteiger charge is -2.45. The third-order valence-corrected chi connectivity index (χ3v) is 11.7. The molecule has 236 valence electrons. The largest absolute Gasteiger partial charge is 0.500 e. The van der Waals surface area contributed by atoms with E-state index >= 15 is 0 Å². The molecule has 9 nitrogen and oxygen atoms in total. The Hall–Kier alpha value is -3.28. The molecule has 10 heteroatoms. The Bertz CT molecular complexity index is 1490. The molecule has 5 rings (SSSR count). The molecule has 0 radical (unpaired) electrons. The van der Waals surface area contributed by atoms with Gasteiger partial charge in [0, 0.05) is 50.5 Å². The van der Waals surface area contributed by atoms with Crippen LogP contribution in [0.2, 0.25) is 6.04 Å². The van der Waals surface area contributed by atoms with Gasteiger partial charge >= 0.3 is 14.8 Å². The van der Waals surface area contributed by atoms with Crippen molar-refractivity contribution in [1.29, 1.82) is 0 Å². The molecule has 3 aromatic rings. The molecule has 3 aromatic carbocycles. The molecule has 2 heterocycles. The topological polar surface area (TPSA) is 90.9 Å². The molecular weight excluding hydrogens is 574 g/mol. The molecule has 0 saturated carbocycles. The summed E-state index contributed by atoms with van der Waals surface area (Å²) in [7, 11) is -0.598. The van der Waals surface area contributed by atoms with E-state index in [4.69, 9.17) is 27.7 Å². The average Bonchev–Trinajstić information content (AvgIpc) is 3.17. The minimum atomic E-state index is -2.65. The summed E-state index contributed by atoms with van der Waals surface area (Å²) in [6.07, 6.45) is 3.00. The summed E-state index contributed by atoms with van der Waals surface area (Å²) in [4.78, 5) is 19.8. The van der Waals surface area contributed by atoms with E-state index in [9.17, 15) is 4.79 Å². The second kappa shape index (κ2) is 13.4. The third-order valence-electron chi connectivity index (χ3n) is 8.56. The lowest BCUT2D eigenvalue weighted by molar-refractivity contribution is -0.134. The number of nitrogens with one attached hydrogen (secondary N) is 1. The lowest BCUT2D eigenvalue weighted by atomic mass is 9.77. The molecule has 1 N–H and O–H groups in total. The zero-order chi connectivity index (χ0) is 31.4. The highest BCUT2D eigenvalue weighted by Gasteiger charge is 2.58. The van der Waals surface area contributed by atoms with Crippen molar-refractivity contribution in [3.63, 3.8) is 0 Å². The van der Waals surface area contributed by atoms with Gasteiger partial charge in [-0.2, -0.15) is 0 Å². The van der Waals surface area contributed by atoms with Crippen LogP contribution in [0.3, 0.4) is 0 Å². The number of nitrogens with zero attached hydrogens (tertiary/aromatic N) is 2. The van der Waals surface area contributed by atoms with Crippen molar-refractivity contribution in [3.05, 3.63) is 60.2 Å². The van der Waals surface area contributed by atoms with Crippen molar-refractivity contribution >= 4 is 43.1 Å². The Balaban J connectivity index is 1.20. The number of hydrogen-bond acceptors (Lipinski definition) is 9. The summed E-state index contributed by atoms with van der Waals surface area (Å²) in [5, 5.41) is 5.20. The number of carbonyl (C=O) groups is 1. The molecular formula is C34H45N3O6Si. The van der Waals surface area contributed by atoms with Gasteiger partial charge in [0.1, 0.15) is 17.2 Å². The first kappa shape index (κ1) is 32.1. The molecule has 1 spiro atoms. The maximum atomic E-state index is 12.7. The highest BCUT2D eigenvalue weighted by molar-refractivity contribution is 6.60. The number of fused-ring (bicyclic) bond motifs is 4. The van der Waals surface area contributed by atoms with Crippen molar-refractivity contribution in [2.75, 3.05) is 44.9 Å². The second-order valence-corrected chi connectivity index (χ2v) is 14.3. The van der Waals surface area contributed by atoms with Crippen molar-refractivity contribution in [3.8, 4) is 11.5 Å². The summed E-state index contributed by atoms with van der Waals surface area (Å²) < 4.78 is 30.3. The number of likely N-dealkylation sites (N-methyl/N-ethyl adjacent to an activating group) is 1. The third kappa shape index (κ3) is 6.01. The van der Waals surface area contributed by atoms with E-state index in [1.54, 1.807) is 0 Å². The smallest absolute Gasteiger partial charge is 0.459 e. The van der Waals surface area contributed by atoms with E-state index in [2.05, 4.69) is 49.3 Å². The minimum absolute atomic E-state index is 0.252. The summed E-state index contributed by atoms with van der Waals surface area (Å²) in [6, 6.07) is 18.8. The fraction of sp³-hybridized carbons (Fsp3) is 0.471. The number of carbonyl (C=O) groups excluding carboxylic acids is 1. The molecule has 0 aromatic heterocycles. The molecule has 0 amide bonds. The predicted octanol–water partition coefficient (Wildman–Crippen LogP) is 6.38. The van der Waals surface area contributed by atoms with Gasteiger partial charge in [0.2, 0.25) is 5.72 Å². The van der Waals surface area contributed by atoms with Gasteiger partial charge < -0.3 is 33.0 Å². The van der Waals surface area contributed by atoms with Gasteiger partial charge in [-0.3, -0.25) is 9.79 Å². The van der Waals surface area contributed by atoms with Crippen LogP contribution in [-0.2, 0) is 23.5 Å². The summed E-state index contributed by atoms with van der Waals surface area (Å²) >= 11 is 0. The number of aliphatic imine (C=N–C) groups is 1. The second-order valence-electron chi connectivity index (χ2n) is 11.6. The van der Waals surface area contributed by atoms with Gasteiger partial charge in [0.25, 0.3) is 0 Å². The quantitative estimate of drug-likeness (QED) is 0.0962. The SMILES string of the molecule is CCO[Si](CCCNCCC(=O)Oc1ccc2ccc3c(c2c1)N=CC1(O3)N(C)c2ccccc2C1(C)C)(OCC)OCC. The number of ether oxygens (including phenoxy) is 2.